The molecule has 4 rings (SSSR count). The number of hydrogen-bond donors (Lipinski definition) is 1. The van der Waals surface area contributed by atoms with Crippen LogP contribution in [-0.2, 0) is 11.2 Å². The second-order valence-electron chi connectivity index (χ2n) is 7.28. The van der Waals surface area contributed by atoms with Gasteiger partial charge in [-0.05, 0) is 50.1 Å². The van der Waals surface area contributed by atoms with Crippen molar-refractivity contribution >= 4 is 22.6 Å². The number of carbonyl (C=O) groups excluding carboxylic acids is 1. The zero-order valence-corrected chi connectivity index (χ0v) is 17.6. The standard InChI is InChI=1S/C24H23FN4O2/c1-15-18(13-14-21(30)26-20-12-8-7-11-19(20)25)24(31-3)27-23-22(15)16(2)28-29(23)17-9-5-4-6-10-17/h4-12H,13-14H2,1-3H3,(H,26,30). The van der Waals surface area contributed by atoms with Crippen molar-refractivity contribution in [2.75, 3.05) is 12.4 Å². The lowest BCUT2D eigenvalue weighted by Gasteiger charge is -2.13. The van der Waals surface area contributed by atoms with Crippen LogP contribution in [0.1, 0.15) is 23.2 Å². The van der Waals surface area contributed by atoms with Gasteiger partial charge in [-0.25, -0.2) is 9.07 Å². The molecule has 0 aliphatic heterocycles. The molecule has 0 unspecified atom stereocenters. The molecule has 2 heterocycles. The van der Waals surface area contributed by atoms with Crippen LogP contribution in [0.15, 0.2) is 54.6 Å². The summed E-state index contributed by atoms with van der Waals surface area (Å²) in [6.45, 7) is 3.93. The number of methoxy groups -OCH3 is 1. The summed E-state index contributed by atoms with van der Waals surface area (Å²) in [5.74, 6) is -0.277. The Balaban J connectivity index is 1.65. The Morgan fingerprint density at radius 3 is 2.52 bits per heavy atom. The number of benzene rings is 2. The highest BCUT2D eigenvalue weighted by Gasteiger charge is 2.20. The summed E-state index contributed by atoms with van der Waals surface area (Å²) in [6.07, 6.45) is 0.582. The Morgan fingerprint density at radius 2 is 1.81 bits per heavy atom. The molecule has 31 heavy (non-hydrogen) atoms. The van der Waals surface area contributed by atoms with Crippen LogP contribution in [0.5, 0.6) is 5.88 Å². The van der Waals surface area contributed by atoms with Gasteiger partial charge in [-0.1, -0.05) is 30.3 Å². The van der Waals surface area contributed by atoms with Crippen molar-refractivity contribution in [3.05, 3.63) is 77.2 Å². The van der Waals surface area contributed by atoms with Gasteiger partial charge >= 0.3 is 0 Å². The SMILES string of the molecule is COc1nc2c(c(C)nn2-c2ccccc2)c(C)c1CCC(=O)Nc1ccccc1F. The Morgan fingerprint density at radius 1 is 1.10 bits per heavy atom. The number of hydrogen-bond acceptors (Lipinski definition) is 4. The molecule has 4 aromatic rings. The number of rotatable bonds is 6. The number of halogens is 1. The van der Waals surface area contributed by atoms with E-state index in [4.69, 9.17) is 9.72 Å². The minimum Gasteiger partial charge on any atom is -0.481 e. The minimum absolute atomic E-state index is 0.171. The van der Waals surface area contributed by atoms with Crippen LogP contribution in [0, 0.1) is 19.7 Å². The molecule has 1 N–H and O–H groups in total. The second kappa shape index (κ2) is 8.55. The van der Waals surface area contributed by atoms with E-state index in [0.29, 0.717) is 17.9 Å². The maximum Gasteiger partial charge on any atom is 0.224 e. The zero-order chi connectivity index (χ0) is 22.0. The number of anilines is 1. The molecule has 1 amide bonds. The van der Waals surface area contributed by atoms with Crippen molar-refractivity contribution in [3.63, 3.8) is 0 Å². The summed E-state index contributed by atoms with van der Waals surface area (Å²) >= 11 is 0. The summed E-state index contributed by atoms with van der Waals surface area (Å²) < 4.78 is 21.2. The molecule has 2 aromatic carbocycles. The van der Waals surface area contributed by atoms with Crippen molar-refractivity contribution in [2.45, 2.75) is 26.7 Å². The van der Waals surface area contributed by atoms with Crippen molar-refractivity contribution < 1.29 is 13.9 Å². The van der Waals surface area contributed by atoms with Crippen molar-refractivity contribution in [2.24, 2.45) is 0 Å². The monoisotopic (exact) mass is 418 g/mol. The molecule has 7 heteroatoms. The molecule has 0 spiro atoms. The van der Waals surface area contributed by atoms with Gasteiger partial charge in [0.2, 0.25) is 11.8 Å². The Kier molecular flexibility index (Phi) is 5.66. The first-order valence-corrected chi connectivity index (χ1v) is 10.0. The van der Waals surface area contributed by atoms with Crippen molar-refractivity contribution in [1.82, 2.24) is 14.8 Å². The molecule has 0 fully saturated rings. The van der Waals surface area contributed by atoms with E-state index in [1.54, 1.807) is 23.9 Å². The number of para-hydroxylation sites is 2. The van der Waals surface area contributed by atoms with Gasteiger partial charge in [0.25, 0.3) is 0 Å². The molecule has 0 aliphatic rings. The quantitative estimate of drug-likeness (QED) is 0.490. The number of aryl methyl sites for hydroxylation is 2. The molecule has 0 saturated heterocycles. The minimum atomic E-state index is -0.461. The number of nitrogens with one attached hydrogen (secondary N) is 1. The molecule has 0 atom stereocenters. The topological polar surface area (TPSA) is 69.0 Å². The first kappa shape index (κ1) is 20.5. The van der Waals surface area contributed by atoms with E-state index in [0.717, 1.165) is 27.9 Å². The number of aromatic nitrogens is 3. The summed E-state index contributed by atoms with van der Waals surface area (Å²) in [5.41, 5.74) is 4.45. The highest BCUT2D eigenvalue weighted by Crippen LogP contribution is 2.32. The smallest absolute Gasteiger partial charge is 0.224 e. The molecule has 6 nitrogen and oxygen atoms in total. The predicted molar refractivity (Wildman–Crippen MR) is 118 cm³/mol. The number of ether oxygens (including phenoxy) is 1. The zero-order valence-electron chi connectivity index (χ0n) is 17.6. The first-order valence-electron chi connectivity index (χ1n) is 10.0. The van der Waals surface area contributed by atoms with Crippen LogP contribution in [-0.4, -0.2) is 27.8 Å². The van der Waals surface area contributed by atoms with E-state index >= 15 is 0 Å². The number of amides is 1. The van der Waals surface area contributed by atoms with Crippen molar-refractivity contribution in [1.29, 1.82) is 0 Å². The van der Waals surface area contributed by atoms with Gasteiger partial charge in [-0.15, -0.1) is 0 Å². The number of fused-ring (bicyclic) bond motifs is 1. The molecular weight excluding hydrogens is 395 g/mol. The molecule has 0 aliphatic carbocycles. The number of pyridine rings is 1. The Labute approximate surface area is 179 Å². The fourth-order valence-electron chi connectivity index (χ4n) is 3.76. The van der Waals surface area contributed by atoms with Gasteiger partial charge in [0.05, 0.1) is 24.2 Å². The van der Waals surface area contributed by atoms with Gasteiger partial charge in [0, 0.05) is 17.4 Å². The predicted octanol–water partition coefficient (Wildman–Crippen LogP) is 4.76. The Hall–Kier alpha value is -3.74. The third-order valence-corrected chi connectivity index (χ3v) is 5.27. The largest absolute Gasteiger partial charge is 0.481 e. The van der Waals surface area contributed by atoms with E-state index in [1.807, 2.05) is 44.2 Å². The lowest BCUT2D eigenvalue weighted by atomic mass is 10.0. The molecule has 0 bridgehead atoms. The average Bonchev–Trinajstić information content (AvgIpc) is 3.11. The van der Waals surface area contributed by atoms with Crippen LogP contribution in [0.25, 0.3) is 16.7 Å². The lowest BCUT2D eigenvalue weighted by molar-refractivity contribution is -0.116. The van der Waals surface area contributed by atoms with Crippen LogP contribution >= 0.6 is 0 Å². The van der Waals surface area contributed by atoms with Crippen molar-refractivity contribution in [3.8, 4) is 11.6 Å². The van der Waals surface area contributed by atoms with E-state index in [2.05, 4.69) is 10.4 Å². The first-order chi connectivity index (χ1) is 15.0. The van der Waals surface area contributed by atoms with E-state index < -0.39 is 5.82 Å². The normalized spacial score (nSPS) is 11.0. The van der Waals surface area contributed by atoms with Gasteiger partial charge in [-0.3, -0.25) is 4.79 Å². The average molecular weight is 418 g/mol. The lowest BCUT2D eigenvalue weighted by Crippen LogP contribution is -2.14. The third-order valence-electron chi connectivity index (χ3n) is 5.27. The number of nitrogens with zero attached hydrogens (tertiary/aromatic N) is 3. The highest BCUT2D eigenvalue weighted by atomic mass is 19.1. The van der Waals surface area contributed by atoms with Gasteiger partial charge in [0.1, 0.15) is 5.82 Å². The highest BCUT2D eigenvalue weighted by molar-refractivity contribution is 5.91. The van der Waals surface area contributed by atoms with Crippen LogP contribution < -0.4 is 10.1 Å². The summed E-state index contributed by atoms with van der Waals surface area (Å²) in [5, 5.41) is 8.23. The fourth-order valence-corrected chi connectivity index (χ4v) is 3.76. The maximum absolute atomic E-state index is 13.8. The van der Waals surface area contributed by atoms with Crippen LogP contribution in [0.3, 0.4) is 0 Å². The third kappa shape index (κ3) is 3.99. The van der Waals surface area contributed by atoms with Crippen LogP contribution in [0.4, 0.5) is 10.1 Å². The summed E-state index contributed by atoms with van der Waals surface area (Å²) in [7, 11) is 1.56. The van der Waals surface area contributed by atoms with Gasteiger partial charge in [0.15, 0.2) is 5.65 Å². The van der Waals surface area contributed by atoms with Gasteiger partial charge < -0.3 is 10.1 Å². The fraction of sp³-hybridized carbons (Fsp3) is 0.208. The number of carbonyl (C=O) groups is 1. The maximum atomic E-state index is 13.8. The molecular formula is C24H23FN4O2. The van der Waals surface area contributed by atoms with E-state index in [1.165, 1.54) is 12.1 Å². The van der Waals surface area contributed by atoms with E-state index in [-0.39, 0.29) is 18.0 Å². The molecule has 158 valence electrons. The second-order valence-corrected chi connectivity index (χ2v) is 7.28. The van der Waals surface area contributed by atoms with Gasteiger partial charge in [-0.2, -0.15) is 10.1 Å². The molecule has 2 aromatic heterocycles. The summed E-state index contributed by atoms with van der Waals surface area (Å²) in [4.78, 5) is 17.1. The summed E-state index contributed by atoms with van der Waals surface area (Å²) in [6, 6.07) is 15.9. The molecule has 0 saturated carbocycles. The molecule has 0 radical (unpaired) electrons. The van der Waals surface area contributed by atoms with E-state index in [9.17, 15) is 9.18 Å². The Bertz CT molecular complexity index is 1250. The van der Waals surface area contributed by atoms with Crippen LogP contribution in [0.2, 0.25) is 0 Å².